The van der Waals surface area contributed by atoms with E-state index in [1.165, 1.54) is 0 Å². The third-order valence-corrected chi connectivity index (χ3v) is 4.13. The van der Waals surface area contributed by atoms with Gasteiger partial charge in [0, 0.05) is 5.69 Å². The lowest BCUT2D eigenvalue weighted by molar-refractivity contribution is -0.144. The van der Waals surface area contributed by atoms with E-state index in [4.69, 9.17) is 0 Å². The zero-order valence-electron chi connectivity index (χ0n) is 12.9. The lowest BCUT2D eigenvalue weighted by Gasteiger charge is -2.26. The van der Waals surface area contributed by atoms with E-state index in [0.717, 1.165) is 35.2 Å². The standard InChI is InChI=1S/C16H22N2O3/c1-9-7-10(2)13(11(3)8-9)17-15(21)18-16(4,14(19)20)12-5-6-12/h7-8,12H,5-6H2,1-4H3,(H,19,20)(H2,17,18,21). The molecule has 3 N–H and O–H groups in total. The van der Waals surface area contributed by atoms with Crippen molar-refractivity contribution in [3.63, 3.8) is 0 Å². The largest absolute Gasteiger partial charge is 0.480 e. The number of carboxylic acids is 1. The van der Waals surface area contributed by atoms with Gasteiger partial charge >= 0.3 is 12.0 Å². The van der Waals surface area contributed by atoms with Crippen molar-refractivity contribution in [3.05, 3.63) is 28.8 Å². The summed E-state index contributed by atoms with van der Waals surface area (Å²) in [6.45, 7) is 7.42. The number of benzene rings is 1. The molecule has 0 spiro atoms. The second-order valence-corrected chi connectivity index (χ2v) is 6.13. The van der Waals surface area contributed by atoms with Gasteiger partial charge in [0.25, 0.3) is 0 Å². The number of carbonyl (C=O) groups is 2. The van der Waals surface area contributed by atoms with Gasteiger partial charge in [-0.2, -0.15) is 0 Å². The number of aryl methyl sites for hydroxylation is 3. The van der Waals surface area contributed by atoms with Gasteiger partial charge in [0.2, 0.25) is 0 Å². The summed E-state index contributed by atoms with van der Waals surface area (Å²) in [4.78, 5) is 23.6. The quantitative estimate of drug-likeness (QED) is 0.797. The number of rotatable bonds is 4. The summed E-state index contributed by atoms with van der Waals surface area (Å²) < 4.78 is 0. The smallest absolute Gasteiger partial charge is 0.329 e. The highest BCUT2D eigenvalue weighted by Gasteiger charge is 2.48. The minimum absolute atomic E-state index is 0.0148. The van der Waals surface area contributed by atoms with E-state index in [2.05, 4.69) is 10.6 Å². The molecule has 1 aromatic carbocycles. The molecule has 1 unspecified atom stereocenters. The molecule has 1 aliphatic rings. The van der Waals surface area contributed by atoms with Crippen LogP contribution >= 0.6 is 0 Å². The molecule has 1 aromatic rings. The Hall–Kier alpha value is -2.04. The Morgan fingerprint density at radius 2 is 1.71 bits per heavy atom. The summed E-state index contributed by atoms with van der Waals surface area (Å²) in [6, 6.07) is 3.50. The molecule has 1 saturated carbocycles. The van der Waals surface area contributed by atoms with E-state index in [0.29, 0.717) is 0 Å². The number of aliphatic carboxylic acids is 1. The van der Waals surface area contributed by atoms with Gasteiger partial charge in [0.15, 0.2) is 0 Å². The lowest BCUT2D eigenvalue weighted by atomic mass is 9.96. The van der Waals surface area contributed by atoms with Crippen molar-refractivity contribution >= 4 is 17.7 Å². The van der Waals surface area contributed by atoms with Crippen LogP contribution < -0.4 is 10.6 Å². The van der Waals surface area contributed by atoms with Crippen LogP contribution in [-0.2, 0) is 4.79 Å². The van der Waals surface area contributed by atoms with Crippen LogP contribution in [0, 0.1) is 26.7 Å². The van der Waals surface area contributed by atoms with E-state index in [-0.39, 0.29) is 5.92 Å². The van der Waals surface area contributed by atoms with Gasteiger partial charge in [0.05, 0.1) is 0 Å². The van der Waals surface area contributed by atoms with Gasteiger partial charge in [-0.3, -0.25) is 0 Å². The molecule has 0 heterocycles. The highest BCUT2D eigenvalue weighted by molar-refractivity contribution is 5.95. The molecule has 0 radical (unpaired) electrons. The van der Waals surface area contributed by atoms with E-state index in [9.17, 15) is 14.7 Å². The number of anilines is 1. The molecular weight excluding hydrogens is 268 g/mol. The normalized spacial score (nSPS) is 17.0. The maximum Gasteiger partial charge on any atom is 0.329 e. The molecule has 0 aliphatic heterocycles. The summed E-state index contributed by atoms with van der Waals surface area (Å²) >= 11 is 0. The molecule has 0 bridgehead atoms. The van der Waals surface area contributed by atoms with Crippen LogP contribution in [0.15, 0.2) is 12.1 Å². The average molecular weight is 290 g/mol. The predicted octanol–water partition coefficient (Wildman–Crippen LogP) is 2.99. The number of hydrogen-bond donors (Lipinski definition) is 3. The van der Waals surface area contributed by atoms with Crippen molar-refractivity contribution < 1.29 is 14.7 Å². The van der Waals surface area contributed by atoms with Crippen LogP contribution in [0.2, 0.25) is 0 Å². The van der Waals surface area contributed by atoms with Crippen LogP contribution in [0.1, 0.15) is 36.5 Å². The molecule has 1 atom stereocenters. The molecule has 0 aromatic heterocycles. The van der Waals surface area contributed by atoms with Gasteiger partial charge in [0.1, 0.15) is 5.54 Å². The van der Waals surface area contributed by atoms with Crippen molar-refractivity contribution in [2.45, 2.75) is 46.1 Å². The maximum absolute atomic E-state index is 12.2. The number of urea groups is 1. The third-order valence-electron chi connectivity index (χ3n) is 4.13. The molecule has 114 valence electrons. The molecule has 0 saturated heterocycles. The molecule has 1 fully saturated rings. The summed E-state index contributed by atoms with van der Waals surface area (Å²) in [5.41, 5.74) is 2.60. The molecule has 5 nitrogen and oxygen atoms in total. The summed E-state index contributed by atoms with van der Waals surface area (Å²) in [6.07, 6.45) is 1.68. The average Bonchev–Trinajstić information content (AvgIpc) is 3.17. The number of hydrogen-bond acceptors (Lipinski definition) is 2. The number of nitrogens with one attached hydrogen (secondary N) is 2. The Balaban J connectivity index is 2.13. The van der Waals surface area contributed by atoms with Crippen molar-refractivity contribution in [1.29, 1.82) is 0 Å². The Morgan fingerprint density at radius 3 is 2.14 bits per heavy atom. The van der Waals surface area contributed by atoms with Crippen LogP contribution in [0.4, 0.5) is 10.5 Å². The summed E-state index contributed by atoms with van der Waals surface area (Å²) in [7, 11) is 0. The first-order valence-corrected chi connectivity index (χ1v) is 7.14. The fourth-order valence-corrected chi connectivity index (χ4v) is 2.75. The Labute approximate surface area is 124 Å². The molecule has 2 rings (SSSR count). The van der Waals surface area contributed by atoms with Gasteiger partial charge in [-0.25, -0.2) is 9.59 Å². The monoisotopic (exact) mass is 290 g/mol. The van der Waals surface area contributed by atoms with Gasteiger partial charge in [-0.1, -0.05) is 17.7 Å². The number of carboxylic acid groups (broad SMARTS) is 1. The molecular formula is C16H22N2O3. The number of carbonyl (C=O) groups excluding carboxylic acids is 1. The SMILES string of the molecule is Cc1cc(C)c(NC(=O)NC(C)(C(=O)O)C2CC2)c(C)c1. The van der Waals surface area contributed by atoms with Gasteiger partial charge in [-0.05, 0) is 57.6 Å². The van der Waals surface area contributed by atoms with Crippen LogP contribution in [0.25, 0.3) is 0 Å². The summed E-state index contributed by atoms with van der Waals surface area (Å²) in [5, 5.41) is 14.8. The Bertz CT molecular complexity index is 570. The van der Waals surface area contributed by atoms with Gasteiger partial charge < -0.3 is 15.7 Å². The predicted molar refractivity (Wildman–Crippen MR) is 81.6 cm³/mol. The molecule has 21 heavy (non-hydrogen) atoms. The van der Waals surface area contributed by atoms with E-state index < -0.39 is 17.5 Å². The van der Waals surface area contributed by atoms with E-state index in [1.54, 1.807) is 6.92 Å². The van der Waals surface area contributed by atoms with Crippen LogP contribution in [-0.4, -0.2) is 22.6 Å². The summed E-state index contributed by atoms with van der Waals surface area (Å²) in [5.74, 6) is -0.974. The highest BCUT2D eigenvalue weighted by Crippen LogP contribution is 2.39. The highest BCUT2D eigenvalue weighted by atomic mass is 16.4. The molecule has 5 heteroatoms. The minimum atomic E-state index is -1.20. The second-order valence-electron chi connectivity index (χ2n) is 6.13. The van der Waals surface area contributed by atoms with Crippen molar-refractivity contribution in [2.24, 2.45) is 5.92 Å². The molecule has 2 amide bonds. The van der Waals surface area contributed by atoms with E-state index >= 15 is 0 Å². The zero-order chi connectivity index (χ0) is 15.8. The number of amides is 2. The minimum Gasteiger partial charge on any atom is -0.480 e. The molecule has 1 aliphatic carbocycles. The second kappa shape index (κ2) is 5.39. The first-order valence-electron chi connectivity index (χ1n) is 7.14. The van der Waals surface area contributed by atoms with Crippen molar-refractivity contribution in [2.75, 3.05) is 5.32 Å². The fraction of sp³-hybridized carbons (Fsp3) is 0.500. The van der Waals surface area contributed by atoms with Crippen molar-refractivity contribution in [1.82, 2.24) is 5.32 Å². The third kappa shape index (κ3) is 3.17. The zero-order valence-corrected chi connectivity index (χ0v) is 12.9. The maximum atomic E-state index is 12.2. The fourth-order valence-electron chi connectivity index (χ4n) is 2.75. The first-order chi connectivity index (χ1) is 9.74. The van der Waals surface area contributed by atoms with Gasteiger partial charge in [-0.15, -0.1) is 0 Å². The topological polar surface area (TPSA) is 78.4 Å². The Kier molecular flexibility index (Phi) is 3.94. The Morgan fingerprint density at radius 1 is 1.19 bits per heavy atom. The first kappa shape index (κ1) is 15.4. The van der Waals surface area contributed by atoms with E-state index in [1.807, 2.05) is 32.9 Å². The van der Waals surface area contributed by atoms with Crippen LogP contribution in [0.5, 0.6) is 0 Å². The van der Waals surface area contributed by atoms with Crippen LogP contribution in [0.3, 0.4) is 0 Å². The lowest BCUT2D eigenvalue weighted by Crippen LogP contribution is -2.55. The van der Waals surface area contributed by atoms with Crippen molar-refractivity contribution in [3.8, 4) is 0 Å².